The molecule has 1 aliphatic heterocycles. The highest BCUT2D eigenvalue weighted by molar-refractivity contribution is 6.35. The third-order valence-electron chi connectivity index (χ3n) is 4.67. The highest BCUT2D eigenvalue weighted by Crippen LogP contribution is 2.28. The van der Waals surface area contributed by atoms with Crippen LogP contribution in [0.4, 0.5) is 0 Å². The fourth-order valence-corrected chi connectivity index (χ4v) is 3.66. The van der Waals surface area contributed by atoms with Crippen molar-refractivity contribution >= 4 is 22.5 Å². The lowest BCUT2D eigenvalue weighted by Crippen LogP contribution is -2.27. The standard InChI is InChI=1S/C19H18ClN3O/c1-12(13-6-3-2-4-7-13)21-16-10-11-23-18(16)22-15-9-5-8-14(20)17(15)19(23)24/h2-9,12,16,21H,10-11H2,1H3/t12-,16-/m1/s1. The van der Waals surface area contributed by atoms with Gasteiger partial charge in [-0.1, -0.05) is 48.0 Å². The Hall–Kier alpha value is -2.17. The average molecular weight is 340 g/mol. The second-order valence-electron chi connectivity index (χ2n) is 6.20. The lowest BCUT2D eigenvalue weighted by atomic mass is 10.1. The predicted molar refractivity (Wildman–Crippen MR) is 96.4 cm³/mol. The maximum absolute atomic E-state index is 12.8. The molecule has 0 spiro atoms. The van der Waals surface area contributed by atoms with E-state index in [0.717, 1.165) is 12.2 Å². The van der Waals surface area contributed by atoms with Crippen molar-refractivity contribution in [2.75, 3.05) is 0 Å². The van der Waals surface area contributed by atoms with Gasteiger partial charge in [0.05, 0.1) is 22.0 Å². The molecular weight excluding hydrogens is 322 g/mol. The van der Waals surface area contributed by atoms with Crippen LogP contribution in [0.2, 0.25) is 5.02 Å². The van der Waals surface area contributed by atoms with Crippen LogP contribution in [-0.4, -0.2) is 9.55 Å². The molecule has 0 radical (unpaired) electrons. The van der Waals surface area contributed by atoms with Gasteiger partial charge in [0.25, 0.3) is 5.56 Å². The fourth-order valence-electron chi connectivity index (χ4n) is 3.41. The van der Waals surface area contributed by atoms with Gasteiger partial charge in [0.1, 0.15) is 5.82 Å². The number of hydrogen-bond donors (Lipinski definition) is 1. The molecule has 1 N–H and O–H groups in total. The molecule has 2 heterocycles. The fraction of sp³-hybridized carbons (Fsp3) is 0.263. The molecule has 0 saturated heterocycles. The van der Waals surface area contributed by atoms with Crippen molar-refractivity contribution in [3.05, 3.63) is 75.3 Å². The van der Waals surface area contributed by atoms with Crippen LogP contribution < -0.4 is 10.9 Å². The van der Waals surface area contributed by atoms with Crippen molar-refractivity contribution in [3.8, 4) is 0 Å². The van der Waals surface area contributed by atoms with Gasteiger partial charge in [-0.25, -0.2) is 4.98 Å². The van der Waals surface area contributed by atoms with Gasteiger partial charge < -0.3 is 5.32 Å². The Morgan fingerprint density at radius 2 is 2.00 bits per heavy atom. The molecule has 4 rings (SSSR count). The first-order chi connectivity index (χ1) is 11.6. The lowest BCUT2D eigenvalue weighted by Gasteiger charge is -2.19. The second-order valence-corrected chi connectivity index (χ2v) is 6.61. The van der Waals surface area contributed by atoms with E-state index in [9.17, 15) is 4.79 Å². The summed E-state index contributed by atoms with van der Waals surface area (Å²) in [6, 6.07) is 16.0. The molecular formula is C19H18ClN3O. The Morgan fingerprint density at radius 3 is 2.79 bits per heavy atom. The Labute approximate surface area is 145 Å². The molecule has 0 bridgehead atoms. The topological polar surface area (TPSA) is 46.9 Å². The quantitative estimate of drug-likeness (QED) is 0.788. The molecule has 4 nitrogen and oxygen atoms in total. The third kappa shape index (κ3) is 2.52. The van der Waals surface area contributed by atoms with E-state index < -0.39 is 0 Å². The Kier molecular flexibility index (Phi) is 3.87. The van der Waals surface area contributed by atoms with Crippen molar-refractivity contribution in [2.45, 2.75) is 32.0 Å². The number of halogens is 1. The number of rotatable bonds is 3. The molecule has 24 heavy (non-hydrogen) atoms. The van der Waals surface area contributed by atoms with Gasteiger partial charge in [-0.15, -0.1) is 0 Å². The molecule has 1 aromatic heterocycles. The van der Waals surface area contributed by atoms with E-state index in [0.29, 0.717) is 22.5 Å². The summed E-state index contributed by atoms with van der Waals surface area (Å²) in [6.07, 6.45) is 0.855. The monoisotopic (exact) mass is 339 g/mol. The van der Waals surface area contributed by atoms with Crippen LogP contribution in [0.3, 0.4) is 0 Å². The number of aromatic nitrogens is 2. The molecule has 0 saturated carbocycles. The maximum atomic E-state index is 12.8. The van der Waals surface area contributed by atoms with Gasteiger partial charge in [-0.2, -0.15) is 0 Å². The van der Waals surface area contributed by atoms with E-state index in [1.54, 1.807) is 10.6 Å². The SMILES string of the molecule is C[C@@H](N[C@@H]1CCn2c1nc1cccc(Cl)c1c2=O)c1ccccc1. The zero-order valence-electron chi connectivity index (χ0n) is 13.4. The number of nitrogens with one attached hydrogen (secondary N) is 1. The van der Waals surface area contributed by atoms with Gasteiger partial charge in [0.2, 0.25) is 0 Å². The average Bonchev–Trinajstić information content (AvgIpc) is 2.99. The minimum absolute atomic E-state index is 0.0442. The molecule has 0 fully saturated rings. The van der Waals surface area contributed by atoms with Crippen LogP contribution in [0.5, 0.6) is 0 Å². The Balaban J connectivity index is 1.72. The third-order valence-corrected chi connectivity index (χ3v) is 4.98. The van der Waals surface area contributed by atoms with Crippen molar-refractivity contribution in [1.29, 1.82) is 0 Å². The summed E-state index contributed by atoms with van der Waals surface area (Å²) >= 11 is 6.20. The molecule has 5 heteroatoms. The summed E-state index contributed by atoms with van der Waals surface area (Å²) in [6.45, 7) is 2.80. The van der Waals surface area contributed by atoms with E-state index in [2.05, 4.69) is 24.4 Å². The van der Waals surface area contributed by atoms with Crippen LogP contribution >= 0.6 is 11.6 Å². The highest BCUT2D eigenvalue weighted by atomic mass is 35.5. The summed E-state index contributed by atoms with van der Waals surface area (Å²) in [5, 5.41) is 4.58. The smallest absolute Gasteiger partial charge is 0.262 e. The van der Waals surface area contributed by atoms with Crippen LogP contribution in [0.15, 0.2) is 53.3 Å². The summed E-state index contributed by atoms with van der Waals surface area (Å²) in [5.74, 6) is 0.803. The lowest BCUT2D eigenvalue weighted by molar-refractivity contribution is 0.459. The summed E-state index contributed by atoms with van der Waals surface area (Å²) in [7, 11) is 0. The van der Waals surface area contributed by atoms with E-state index >= 15 is 0 Å². The summed E-state index contributed by atoms with van der Waals surface area (Å²) in [4.78, 5) is 17.5. The van der Waals surface area contributed by atoms with E-state index in [4.69, 9.17) is 16.6 Å². The Bertz CT molecular complexity index is 952. The van der Waals surface area contributed by atoms with Gasteiger partial charge in [-0.3, -0.25) is 9.36 Å². The first kappa shape index (κ1) is 15.4. The zero-order valence-corrected chi connectivity index (χ0v) is 14.1. The molecule has 2 aromatic carbocycles. The van der Waals surface area contributed by atoms with Crippen LogP contribution in [0.25, 0.3) is 10.9 Å². The first-order valence-electron chi connectivity index (χ1n) is 8.15. The highest BCUT2D eigenvalue weighted by Gasteiger charge is 2.28. The van der Waals surface area contributed by atoms with Crippen molar-refractivity contribution < 1.29 is 0 Å². The van der Waals surface area contributed by atoms with E-state index in [-0.39, 0.29) is 17.6 Å². The van der Waals surface area contributed by atoms with Gasteiger partial charge >= 0.3 is 0 Å². The molecule has 3 aromatic rings. The van der Waals surface area contributed by atoms with Gasteiger partial charge in [-0.05, 0) is 31.0 Å². The van der Waals surface area contributed by atoms with E-state index in [1.807, 2.05) is 30.3 Å². The Morgan fingerprint density at radius 1 is 1.21 bits per heavy atom. The summed E-state index contributed by atoms with van der Waals surface area (Å²) in [5.41, 5.74) is 1.85. The van der Waals surface area contributed by atoms with Crippen LogP contribution in [0, 0.1) is 0 Å². The predicted octanol–water partition coefficient (Wildman–Crippen LogP) is 3.85. The minimum Gasteiger partial charge on any atom is -0.301 e. The normalized spacial score (nSPS) is 17.8. The second kappa shape index (κ2) is 6.04. The summed E-state index contributed by atoms with van der Waals surface area (Å²) < 4.78 is 1.75. The molecule has 2 atom stereocenters. The maximum Gasteiger partial charge on any atom is 0.262 e. The molecule has 1 aliphatic rings. The number of benzene rings is 2. The molecule has 0 aliphatic carbocycles. The number of fused-ring (bicyclic) bond motifs is 2. The van der Waals surface area contributed by atoms with E-state index in [1.165, 1.54) is 5.56 Å². The first-order valence-corrected chi connectivity index (χ1v) is 8.53. The largest absolute Gasteiger partial charge is 0.301 e. The van der Waals surface area contributed by atoms with Crippen molar-refractivity contribution in [2.24, 2.45) is 0 Å². The molecule has 122 valence electrons. The molecule has 0 amide bonds. The minimum atomic E-state index is -0.0442. The molecule has 0 unspecified atom stereocenters. The van der Waals surface area contributed by atoms with Crippen molar-refractivity contribution in [3.63, 3.8) is 0 Å². The number of hydrogen-bond acceptors (Lipinski definition) is 3. The van der Waals surface area contributed by atoms with Gasteiger partial charge in [0.15, 0.2) is 0 Å². The number of nitrogens with zero attached hydrogens (tertiary/aromatic N) is 2. The van der Waals surface area contributed by atoms with Gasteiger partial charge in [0, 0.05) is 12.6 Å². The van der Waals surface area contributed by atoms with Crippen molar-refractivity contribution in [1.82, 2.24) is 14.9 Å². The van der Waals surface area contributed by atoms with Crippen LogP contribution in [0.1, 0.15) is 36.8 Å². The zero-order chi connectivity index (χ0) is 16.7. The van der Waals surface area contributed by atoms with Crippen LogP contribution in [-0.2, 0) is 6.54 Å².